The van der Waals surface area contributed by atoms with Crippen molar-refractivity contribution in [3.63, 3.8) is 0 Å². The molecule has 0 saturated heterocycles. The molecule has 0 spiro atoms. The predicted molar refractivity (Wildman–Crippen MR) is 66.3 cm³/mol. The number of nitrogens with one attached hydrogen (secondary N) is 1. The van der Waals surface area contributed by atoms with E-state index in [9.17, 15) is 13.6 Å². The lowest BCUT2D eigenvalue weighted by molar-refractivity contribution is 0.0948. The van der Waals surface area contributed by atoms with Crippen LogP contribution in [0.3, 0.4) is 0 Å². The second-order valence-corrected chi connectivity index (χ2v) is 4.46. The van der Waals surface area contributed by atoms with Gasteiger partial charge in [0.1, 0.15) is 11.6 Å². The Morgan fingerprint density at radius 1 is 1.39 bits per heavy atom. The number of halogens is 2. The molecule has 0 radical (unpaired) electrons. The highest BCUT2D eigenvalue weighted by Crippen LogP contribution is 2.14. The average molecular weight is 256 g/mol. The van der Waals surface area contributed by atoms with Gasteiger partial charge in [0.15, 0.2) is 0 Å². The molecule has 0 heterocycles. The monoisotopic (exact) mass is 256 g/mol. The van der Waals surface area contributed by atoms with Crippen LogP contribution in [0.5, 0.6) is 0 Å². The van der Waals surface area contributed by atoms with Gasteiger partial charge in [0.05, 0.1) is 5.56 Å². The van der Waals surface area contributed by atoms with Crippen molar-refractivity contribution in [1.29, 1.82) is 0 Å². The predicted octanol–water partition coefficient (Wildman–Crippen LogP) is 2.13. The Bertz CT molecular complexity index is 433. The van der Waals surface area contributed by atoms with E-state index in [1.165, 1.54) is 13.0 Å². The van der Waals surface area contributed by atoms with Gasteiger partial charge in [-0.25, -0.2) is 8.78 Å². The number of rotatable bonds is 5. The molecular weight excluding hydrogens is 238 g/mol. The van der Waals surface area contributed by atoms with Crippen LogP contribution in [-0.2, 0) is 0 Å². The van der Waals surface area contributed by atoms with Crippen LogP contribution >= 0.6 is 0 Å². The summed E-state index contributed by atoms with van der Waals surface area (Å²) in [6, 6.07) is 2.02. The van der Waals surface area contributed by atoms with E-state index in [1.807, 2.05) is 6.92 Å². The van der Waals surface area contributed by atoms with Crippen LogP contribution in [0.4, 0.5) is 8.78 Å². The number of carbonyl (C=O) groups excluding carboxylic acids is 1. The summed E-state index contributed by atoms with van der Waals surface area (Å²) in [4.78, 5) is 11.7. The van der Waals surface area contributed by atoms with Crippen LogP contribution in [-0.4, -0.2) is 18.5 Å². The van der Waals surface area contributed by atoms with Gasteiger partial charge in [0.2, 0.25) is 0 Å². The van der Waals surface area contributed by atoms with E-state index >= 15 is 0 Å². The molecule has 0 bridgehead atoms. The van der Waals surface area contributed by atoms with Crippen molar-refractivity contribution in [2.45, 2.75) is 32.7 Å². The Morgan fingerprint density at radius 3 is 2.67 bits per heavy atom. The standard InChI is InChI=1S/C13H18F2N2O/c1-8-6-10(12(15)7-11(8)14)13(18)17-5-3-4-9(2)16/h6-7,9H,3-5,16H2,1-2H3,(H,17,18). The average Bonchev–Trinajstić information content (AvgIpc) is 2.28. The zero-order valence-corrected chi connectivity index (χ0v) is 10.6. The molecule has 1 rings (SSSR count). The normalized spacial score (nSPS) is 12.3. The van der Waals surface area contributed by atoms with Gasteiger partial charge in [0, 0.05) is 18.7 Å². The first kappa shape index (κ1) is 14.6. The Kier molecular flexibility index (Phi) is 5.22. The largest absolute Gasteiger partial charge is 0.352 e. The minimum Gasteiger partial charge on any atom is -0.352 e. The first-order valence-corrected chi connectivity index (χ1v) is 5.91. The molecule has 0 aliphatic carbocycles. The Balaban J connectivity index is 2.59. The maximum absolute atomic E-state index is 13.4. The van der Waals surface area contributed by atoms with E-state index in [-0.39, 0.29) is 17.2 Å². The summed E-state index contributed by atoms with van der Waals surface area (Å²) in [6.07, 6.45) is 1.51. The molecule has 100 valence electrons. The third-order valence-corrected chi connectivity index (χ3v) is 2.61. The maximum Gasteiger partial charge on any atom is 0.254 e. The van der Waals surface area contributed by atoms with Gasteiger partial charge >= 0.3 is 0 Å². The first-order valence-electron chi connectivity index (χ1n) is 5.91. The lowest BCUT2D eigenvalue weighted by Crippen LogP contribution is -2.27. The smallest absolute Gasteiger partial charge is 0.254 e. The van der Waals surface area contributed by atoms with E-state index in [0.717, 1.165) is 18.9 Å². The number of hydrogen-bond acceptors (Lipinski definition) is 2. The minimum atomic E-state index is -0.845. The zero-order valence-electron chi connectivity index (χ0n) is 10.6. The highest BCUT2D eigenvalue weighted by atomic mass is 19.1. The molecule has 1 aromatic rings. The van der Waals surface area contributed by atoms with Gasteiger partial charge in [-0.3, -0.25) is 4.79 Å². The molecule has 1 unspecified atom stereocenters. The van der Waals surface area contributed by atoms with E-state index in [4.69, 9.17) is 5.73 Å². The topological polar surface area (TPSA) is 55.1 Å². The number of aryl methyl sites for hydroxylation is 1. The van der Waals surface area contributed by atoms with Gasteiger partial charge in [-0.05, 0) is 38.3 Å². The molecule has 0 aliphatic rings. The van der Waals surface area contributed by atoms with E-state index in [1.54, 1.807) is 0 Å². The molecule has 0 aliphatic heterocycles. The van der Waals surface area contributed by atoms with Crippen molar-refractivity contribution < 1.29 is 13.6 Å². The third kappa shape index (κ3) is 4.07. The van der Waals surface area contributed by atoms with Crippen LogP contribution in [0, 0.1) is 18.6 Å². The molecule has 1 atom stereocenters. The number of benzene rings is 1. The van der Waals surface area contributed by atoms with Gasteiger partial charge in [-0.15, -0.1) is 0 Å². The molecule has 3 nitrogen and oxygen atoms in total. The van der Waals surface area contributed by atoms with Crippen molar-refractivity contribution in [1.82, 2.24) is 5.32 Å². The van der Waals surface area contributed by atoms with Gasteiger partial charge in [-0.2, -0.15) is 0 Å². The molecule has 3 N–H and O–H groups in total. The van der Waals surface area contributed by atoms with Crippen LogP contribution in [0.25, 0.3) is 0 Å². The highest BCUT2D eigenvalue weighted by molar-refractivity contribution is 5.94. The fourth-order valence-electron chi connectivity index (χ4n) is 1.55. The number of hydrogen-bond donors (Lipinski definition) is 2. The quantitative estimate of drug-likeness (QED) is 0.793. The van der Waals surface area contributed by atoms with Crippen molar-refractivity contribution in [3.05, 3.63) is 34.9 Å². The molecule has 18 heavy (non-hydrogen) atoms. The van der Waals surface area contributed by atoms with Crippen LogP contribution < -0.4 is 11.1 Å². The number of nitrogens with two attached hydrogens (primary N) is 1. The van der Waals surface area contributed by atoms with Crippen molar-refractivity contribution >= 4 is 5.91 Å². The fraction of sp³-hybridized carbons (Fsp3) is 0.462. The van der Waals surface area contributed by atoms with Crippen LogP contribution in [0.2, 0.25) is 0 Å². The highest BCUT2D eigenvalue weighted by Gasteiger charge is 2.13. The van der Waals surface area contributed by atoms with E-state index < -0.39 is 17.5 Å². The summed E-state index contributed by atoms with van der Waals surface area (Å²) in [5, 5.41) is 2.58. The molecule has 0 fully saturated rings. The second kappa shape index (κ2) is 6.44. The Morgan fingerprint density at radius 2 is 2.06 bits per heavy atom. The van der Waals surface area contributed by atoms with Crippen molar-refractivity contribution in [2.75, 3.05) is 6.54 Å². The van der Waals surface area contributed by atoms with Gasteiger partial charge < -0.3 is 11.1 Å². The summed E-state index contributed by atoms with van der Waals surface area (Å²) in [5.74, 6) is -2.02. The molecule has 5 heteroatoms. The third-order valence-electron chi connectivity index (χ3n) is 2.61. The zero-order chi connectivity index (χ0) is 13.7. The molecule has 1 amide bonds. The number of amides is 1. The molecule has 1 aromatic carbocycles. The van der Waals surface area contributed by atoms with Crippen LogP contribution in [0.15, 0.2) is 12.1 Å². The first-order chi connectivity index (χ1) is 8.41. The summed E-state index contributed by atoms with van der Waals surface area (Å²) in [7, 11) is 0. The summed E-state index contributed by atoms with van der Waals surface area (Å²) in [5.41, 5.74) is 5.68. The van der Waals surface area contributed by atoms with Crippen molar-refractivity contribution in [2.24, 2.45) is 5.73 Å². The fourth-order valence-corrected chi connectivity index (χ4v) is 1.55. The summed E-state index contributed by atoms with van der Waals surface area (Å²) >= 11 is 0. The second-order valence-electron chi connectivity index (χ2n) is 4.46. The Labute approximate surface area is 105 Å². The summed E-state index contributed by atoms with van der Waals surface area (Å²) in [6.45, 7) is 3.79. The lowest BCUT2D eigenvalue weighted by Gasteiger charge is -2.08. The summed E-state index contributed by atoms with van der Waals surface area (Å²) < 4.78 is 26.4. The lowest BCUT2D eigenvalue weighted by atomic mass is 10.1. The van der Waals surface area contributed by atoms with Crippen molar-refractivity contribution in [3.8, 4) is 0 Å². The molecule has 0 saturated carbocycles. The Hall–Kier alpha value is -1.49. The number of carbonyl (C=O) groups is 1. The SMILES string of the molecule is Cc1cc(C(=O)NCCCC(C)N)c(F)cc1F. The van der Waals surface area contributed by atoms with Crippen LogP contribution in [0.1, 0.15) is 35.7 Å². The van der Waals surface area contributed by atoms with Gasteiger partial charge in [0.25, 0.3) is 5.91 Å². The minimum absolute atomic E-state index is 0.0757. The van der Waals surface area contributed by atoms with E-state index in [2.05, 4.69) is 5.32 Å². The molecule has 0 aromatic heterocycles. The van der Waals surface area contributed by atoms with Gasteiger partial charge in [-0.1, -0.05) is 0 Å². The maximum atomic E-state index is 13.4. The molecular formula is C13H18F2N2O. The van der Waals surface area contributed by atoms with E-state index in [0.29, 0.717) is 6.54 Å².